The number of likely N-dealkylation sites (tertiary alicyclic amines) is 1. The molecule has 1 heterocycles. The van der Waals surface area contributed by atoms with Gasteiger partial charge >= 0.3 is 0 Å². The lowest BCUT2D eigenvalue weighted by Crippen LogP contribution is -2.33. The van der Waals surface area contributed by atoms with Crippen LogP contribution in [0.4, 0.5) is 4.39 Å². The molecular formula is C13H19FN2. The minimum atomic E-state index is -0.269. The third kappa shape index (κ3) is 3.29. The second kappa shape index (κ2) is 5.97. The number of halogens is 1. The van der Waals surface area contributed by atoms with Crippen molar-refractivity contribution in [1.29, 1.82) is 0 Å². The van der Waals surface area contributed by atoms with Crippen molar-refractivity contribution in [3.8, 4) is 0 Å². The summed E-state index contributed by atoms with van der Waals surface area (Å²) >= 11 is 0. The van der Waals surface area contributed by atoms with Crippen molar-refractivity contribution >= 4 is 0 Å². The molecule has 1 aliphatic heterocycles. The lowest BCUT2D eigenvalue weighted by Gasteiger charge is -2.16. The first-order valence-corrected chi connectivity index (χ1v) is 5.94. The molecule has 1 aromatic carbocycles. The fourth-order valence-corrected chi connectivity index (χ4v) is 2.24. The molecule has 16 heavy (non-hydrogen) atoms. The third-order valence-electron chi connectivity index (χ3n) is 3.05. The van der Waals surface area contributed by atoms with Gasteiger partial charge in [0.2, 0.25) is 0 Å². The van der Waals surface area contributed by atoms with Crippen LogP contribution in [0.2, 0.25) is 0 Å². The average Bonchev–Trinajstić information content (AvgIpc) is 2.75. The Morgan fingerprint density at radius 3 is 2.88 bits per heavy atom. The lowest BCUT2D eigenvalue weighted by molar-refractivity contribution is 0.318. The summed E-state index contributed by atoms with van der Waals surface area (Å²) in [5.74, 6) is 0. The molecule has 88 valence electrons. The Balaban J connectivity index is 1.76. The van der Waals surface area contributed by atoms with Gasteiger partial charge in [0.05, 0.1) is 0 Å². The van der Waals surface area contributed by atoms with E-state index in [-0.39, 0.29) is 6.67 Å². The van der Waals surface area contributed by atoms with Gasteiger partial charge in [-0.15, -0.1) is 0 Å². The molecule has 2 nitrogen and oxygen atoms in total. The summed E-state index contributed by atoms with van der Waals surface area (Å²) in [5.41, 5.74) is 1.36. The van der Waals surface area contributed by atoms with E-state index in [4.69, 9.17) is 0 Å². The Labute approximate surface area is 96.5 Å². The minimum absolute atomic E-state index is 0.269. The van der Waals surface area contributed by atoms with Crippen molar-refractivity contribution in [1.82, 2.24) is 10.2 Å². The molecule has 3 heteroatoms. The van der Waals surface area contributed by atoms with Crippen molar-refractivity contribution < 1.29 is 4.39 Å². The predicted molar refractivity (Wildman–Crippen MR) is 64.1 cm³/mol. The van der Waals surface area contributed by atoms with Crippen LogP contribution < -0.4 is 5.32 Å². The van der Waals surface area contributed by atoms with E-state index in [0.717, 1.165) is 26.1 Å². The van der Waals surface area contributed by atoms with Crippen molar-refractivity contribution in [2.75, 3.05) is 26.3 Å². The molecule has 1 fully saturated rings. The molecule has 1 aliphatic rings. The summed E-state index contributed by atoms with van der Waals surface area (Å²) in [7, 11) is 0. The normalized spacial score (nSPS) is 21.4. The number of nitrogens with one attached hydrogen (secondary N) is 1. The van der Waals surface area contributed by atoms with Gasteiger partial charge in [0.1, 0.15) is 6.67 Å². The number of nitrogens with zero attached hydrogens (tertiary/aromatic N) is 1. The van der Waals surface area contributed by atoms with Gasteiger partial charge in [0.25, 0.3) is 0 Å². The Bertz CT molecular complexity index is 302. The quantitative estimate of drug-likeness (QED) is 0.817. The van der Waals surface area contributed by atoms with E-state index in [9.17, 15) is 4.39 Å². The topological polar surface area (TPSA) is 15.3 Å². The van der Waals surface area contributed by atoms with Crippen molar-refractivity contribution in [3.05, 3.63) is 35.9 Å². The van der Waals surface area contributed by atoms with Gasteiger partial charge in [-0.2, -0.15) is 0 Å². The van der Waals surface area contributed by atoms with Crippen molar-refractivity contribution in [2.45, 2.75) is 19.0 Å². The van der Waals surface area contributed by atoms with Crippen LogP contribution in [0, 0.1) is 0 Å². The molecule has 1 atom stereocenters. The lowest BCUT2D eigenvalue weighted by atomic mass is 10.2. The van der Waals surface area contributed by atoms with Gasteiger partial charge in [-0.25, -0.2) is 4.39 Å². The number of rotatable bonds is 5. The summed E-state index contributed by atoms with van der Waals surface area (Å²) in [6, 6.07) is 11.0. The molecular weight excluding hydrogens is 203 g/mol. The van der Waals surface area contributed by atoms with Crippen LogP contribution in [-0.2, 0) is 6.54 Å². The number of benzene rings is 1. The maximum atomic E-state index is 12.0. The largest absolute Gasteiger partial charge is 0.310 e. The Kier molecular flexibility index (Phi) is 4.31. The van der Waals surface area contributed by atoms with E-state index in [2.05, 4.69) is 34.5 Å². The molecule has 2 rings (SSSR count). The molecule has 0 aliphatic carbocycles. The first-order chi connectivity index (χ1) is 7.88. The van der Waals surface area contributed by atoms with Crippen LogP contribution in [0.3, 0.4) is 0 Å². The standard InChI is InChI=1S/C13H19FN2/c14-7-8-15-13-6-9-16(11-13)10-12-4-2-1-3-5-12/h1-5,13,15H,6-11H2. The van der Waals surface area contributed by atoms with Crippen LogP contribution in [-0.4, -0.2) is 37.3 Å². The predicted octanol–water partition coefficient (Wildman–Crippen LogP) is 1.82. The maximum absolute atomic E-state index is 12.0. The Morgan fingerprint density at radius 1 is 1.31 bits per heavy atom. The molecule has 0 aromatic heterocycles. The van der Waals surface area contributed by atoms with Crippen LogP contribution >= 0.6 is 0 Å². The van der Waals surface area contributed by atoms with E-state index in [0.29, 0.717) is 12.6 Å². The molecule has 0 spiro atoms. The third-order valence-corrected chi connectivity index (χ3v) is 3.05. The van der Waals surface area contributed by atoms with Crippen molar-refractivity contribution in [2.24, 2.45) is 0 Å². The van der Waals surface area contributed by atoms with Gasteiger partial charge in [0.15, 0.2) is 0 Å². The van der Waals surface area contributed by atoms with Gasteiger partial charge in [-0.1, -0.05) is 30.3 Å². The first-order valence-electron chi connectivity index (χ1n) is 5.94. The highest BCUT2D eigenvalue weighted by Crippen LogP contribution is 2.13. The second-order valence-electron chi connectivity index (χ2n) is 4.35. The van der Waals surface area contributed by atoms with E-state index in [1.54, 1.807) is 0 Å². The monoisotopic (exact) mass is 222 g/mol. The van der Waals surface area contributed by atoms with Crippen LogP contribution in [0.25, 0.3) is 0 Å². The van der Waals surface area contributed by atoms with Gasteiger partial charge < -0.3 is 5.32 Å². The first kappa shape index (κ1) is 11.6. The van der Waals surface area contributed by atoms with Crippen LogP contribution in [0.1, 0.15) is 12.0 Å². The molecule has 0 saturated carbocycles. The van der Waals surface area contributed by atoms with Gasteiger partial charge in [-0.3, -0.25) is 4.90 Å². The average molecular weight is 222 g/mol. The Morgan fingerprint density at radius 2 is 2.12 bits per heavy atom. The van der Waals surface area contributed by atoms with E-state index >= 15 is 0 Å². The molecule has 0 amide bonds. The zero-order chi connectivity index (χ0) is 11.2. The summed E-state index contributed by atoms with van der Waals surface area (Å²) in [5, 5.41) is 3.23. The fraction of sp³-hybridized carbons (Fsp3) is 0.538. The molecule has 0 bridgehead atoms. The molecule has 1 N–H and O–H groups in total. The highest BCUT2D eigenvalue weighted by molar-refractivity contribution is 5.14. The van der Waals surface area contributed by atoms with Crippen LogP contribution in [0.5, 0.6) is 0 Å². The van der Waals surface area contributed by atoms with Crippen molar-refractivity contribution in [3.63, 3.8) is 0 Å². The molecule has 1 aromatic rings. The number of hydrogen-bond donors (Lipinski definition) is 1. The zero-order valence-electron chi connectivity index (χ0n) is 9.53. The van der Waals surface area contributed by atoms with Crippen LogP contribution in [0.15, 0.2) is 30.3 Å². The zero-order valence-corrected chi connectivity index (χ0v) is 9.53. The highest BCUT2D eigenvalue weighted by atomic mass is 19.1. The van der Waals surface area contributed by atoms with Gasteiger partial charge in [0, 0.05) is 32.2 Å². The summed E-state index contributed by atoms with van der Waals surface area (Å²) in [6.07, 6.45) is 1.13. The Hall–Kier alpha value is -0.930. The SMILES string of the molecule is FCCNC1CCN(Cc2ccccc2)C1. The summed E-state index contributed by atoms with van der Waals surface area (Å²) in [4.78, 5) is 2.42. The van der Waals surface area contributed by atoms with Gasteiger partial charge in [-0.05, 0) is 12.0 Å². The number of hydrogen-bond acceptors (Lipinski definition) is 2. The van der Waals surface area contributed by atoms with E-state index in [1.807, 2.05) is 6.07 Å². The molecule has 0 radical (unpaired) electrons. The molecule has 1 saturated heterocycles. The summed E-state index contributed by atoms with van der Waals surface area (Å²) < 4.78 is 12.0. The second-order valence-corrected chi connectivity index (χ2v) is 4.35. The van der Waals surface area contributed by atoms with E-state index < -0.39 is 0 Å². The van der Waals surface area contributed by atoms with E-state index in [1.165, 1.54) is 5.56 Å². The number of alkyl halides is 1. The minimum Gasteiger partial charge on any atom is -0.310 e. The fourth-order valence-electron chi connectivity index (χ4n) is 2.24. The summed E-state index contributed by atoms with van der Waals surface area (Å²) in [6.45, 7) is 3.38. The highest BCUT2D eigenvalue weighted by Gasteiger charge is 2.21. The molecule has 1 unspecified atom stereocenters. The smallest absolute Gasteiger partial charge is 0.102 e. The maximum Gasteiger partial charge on any atom is 0.102 e.